The molecule has 3 heterocycles. The van der Waals surface area contributed by atoms with Crippen molar-refractivity contribution in [2.24, 2.45) is 4.99 Å². The lowest BCUT2D eigenvalue weighted by Gasteiger charge is -2.09. The van der Waals surface area contributed by atoms with Gasteiger partial charge in [-0.3, -0.25) is 4.99 Å². The molecule has 0 bridgehead atoms. The van der Waals surface area contributed by atoms with E-state index in [0.29, 0.717) is 29.7 Å². The van der Waals surface area contributed by atoms with Gasteiger partial charge in [-0.05, 0) is 68.4 Å². The molecular weight excluding hydrogens is 490 g/mol. The Morgan fingerprint density at radius 1 is 1.18 bits per heavy atom. The van der Waals surface area contributed by atoms with Crippen LogP contribution in [-0.4, -0.2) is 45.8 Å². The zero-order chi connectivity index (χ0) is 23.7. The number of benzene rings is 2. The van der Waals surface area contributed by atoms with Gasteiger partial charge in [0, 0.05) is 16.0 Å². The lowest BCUT2D eigenvalue weighted by Crippen LogP contribution is -2.16. The molecule has 2 aromatic carbocycles. The standard InChI is InChI=1S/C25H22ClN3O3S2/c1-3-31-19-10-4-16(5-11-19)23-27-13-20(33-23)14-32-25(30)22-12-21-15(2)28-29(24(21)34-22)18-8-6-17(26)7-9-18/h4-12,20H,3,13-14H2,1-2H3. The topological polar surface area (TPSA) is 65.7 Å². The minimum absolute atomic E-state index is 0.103. The van der Waals surface area contributed by atoms with E-state index in [4.69, 9.17) is 21.1 Å². The Labute approximate surface area is 210 Å². The number of fused-ring (bicyclic) bond motifs is 1. The summed E-state index contributed by atoms with van der Waals surface area (Å²) in [6.07, 6.45) is 0. The molecule has 9 heteroatoms. The van der Waals surface area contributed by atoms with Gasteiger partial charge < -0.3 is 9.47 Å². The maximum absolute atomic E-state index is 12.8. The van der Waals surface area contributed by atoms with Crippen LogP contribution < -0.4 is 4.74 Å². The van der Waals surface area contributed by atoms with Gasteiger partial charge in [-0.25, -0.2) is 9.48 Å². The summed E-state index contributed by atoms with van der Waals surface area (Å²) in [5.41, 5.74) is 2.81. The fourth-order valence-electron chi connectivity index (χ4n) is 3.67. The van der Waals surface area contributed by atoms with Gasteiger partial charge in [-0.15, -0.1) is 11.3 Å². The first-order valence-corrected chi connectivity index (χ1v) is 13.0. The lowest BCUT2D eigenvalue weighted by molar-refractivity contribution is 0.0515. The Bertz CT molecular complexity index is 1360. The van der Waals surface area contributed by atoms with E-state index < -0.39 is 0 Å². The molecule has 0 saturated heterocycles. The average Bonchev–Trinajstić information content (AvgIpc) is 3.56. The van der Waals surface area contributed by atoms with Gasteiger partial charge in [0.1, 0.15) is 22.1 Å². The van der Waals surface area contributed by atoms with Gasteiger partial charge in [0.15, 0.2) is 0 Å². The largest absolute Gasteiger partial charge is 0.494 e. The number of esters is 1. The smallest absolute Gasteiger partial charge is 0.348 e. The highest BCUT2D eigenvalue weighted by Crippen LogP contribution is 2.32. The van der Waals surface area contributed by atoms with E-state index in [9.17, 15) is 4.79 Å². The fraction of sp³-hybridized carbons (Fsp3) is 0.240. The van der Waals surface area contributed by atoms with Crippen LogP contribution in [0, 0.1) is 6.92 Å². The molecule has 1 aliphatic heterocycles. The molecule has 0 saturated carbocycles. The third-order valence-electron chi connectivity index (χ3n) is 5.35. The summed E-state index contributed by atoms with van der Waals surface area (Å²) in [5, 5.41) is 7.30. The number of aromatic nitrogens is 2. The second-order valence-corrected chi connectivity index (χ2v) is 10.5. The van der Waals surface area contributed by atoms with E-state index in [1.54, 1.807) is 11.8 Å². The summed E-state index contributed by atoms with van der Waals surface area (Å²) in [6.45, 7) is 5.47. The van der Waals surface area contributed by atoms with Crippen molar-refractivity contribution in [1.82, 2.24) is 9.78 Å². The van der Waals surface area contributed by atoms with Crippen molar-refractivity contribution in [3.8, 4) is 11.4 Å². The van der Waals surface area contributed by atoms with Gasteiger partial charge in [0.25, 0.3) is 0 Å². The molecular formula is C25H22ClN3O3S2. The Balaban J connectivity index is 1.22. The van der Waals surface area contributed by atoms with Crippen molar-refractivity contribution in [3.05, 3.63) is 75.8 Å². The number of thiophene rings is 1. The van der Waals surface area contributed by atoms with Crippen molar-refractivity contribution < 1.29 is 14.3 Å². The highest BCUT2D eigenvalue weighted by atomic mass is 35.5. The van der Waals surface area contributed by atoms with Crippen LogP contribution in [-0.2, 0) is 4.74 Å². The van der Waals surface area contributed by atoms with E-state index >= 15 is 0 Å². The summed E-state index contributed by atoms with van der Waals surface area (Å²) in [4.78, 5) is 18.9. The number of carbonyl (C=O) groups excluding carboxylic acids is 1. The summed E-state index contributed by atoms with van der Waals surface area (Å²) < 4.78 is 13.0. The molecule has 0 radical (unpaired) electrons. The first kappa shape index (κ1) is 23.0. The van der Waals surface area contributed by atoms with Crippen molar-refractivity contribution in [1.29, 1.82) is 0 Å². The Hall–Kier alpha value is -2.81. The minimum Gasteiger partial charge on any atom is -0.494 e. The quantitative estimate of drug-likeness (QED) is 0.278. The predicted octanol–water partition coefficient (Wildman–Crippen LogP) is 6.17. The maximum atomic E-state index is 12.8. The number of hydrogen-bond donors (Lipinski definition) is 0. The van der Waals surface area contributed by atoms with Crippen LogP contribution >= 0.6 is 34.7 Å². The normalized spacial score (nSPS) is 15.5. The van der Waals surface area contributed by atoms with Crippen LogP contribution in [0.15, 0.2) is 59.6 Å². The molecule has 0 spiro atoms. The number of aryl methyl sites for hydroxylation is 1. The number of halogens is 1. The zero-order valence-corrected chi connectivity index (χ0v) is 21.0. The Morgan fingerprint density at radius 2 is 1.94 bits per heavy atom. The monoisotopic (exact) mass is 511 g/mol. The van der Waals surface area contributed by atoms with Crippen LogP contribution in [0.25, 0.3) is 15.9 Å². The van der Waals surface area contributed by atoms with Gasteiger partial charge >= 0.3 is 5.97 Å². The number of hydrogen-bond acceptors (Lipinski definition) is 7. The number of thioether (sulfide) groups is 1. The van der Waals surface area contributed by atoms with Crippen molar-refractivity contribution >= 4 is 55.9 Å². The second kappa shape index (κ2) is 9.82. The number of nitrogens with zero attached hydrogens (tertiary/aromatic N) is 3. The first-order chi connectivity index (χ1) is 16.5. The molecule has 0 aliphatic carbocycles. The Kier molecular flexibility index (Phi) is 6.63. The molecule has 4 aromatic rings. The summed E-state index contributed by atoms with van der Waals surface area (Å²) in [6, 6.07) is 17.2. The van der Waals surface area contributed by atoms with E-state index in [1.165, 1.54) is 11.3 Å². The second-order valence-electron chi connectivity index (χ2n) is 7.74. The highest BCUT2D eigenvalue weighted by Gasteiger charge is 2.24. The first-order valence-electron chi connectivity index (χ1n) is 10.9. The van der Waals surface area contributed by atoms with Crippen molar-refractivity contribution in [2.75, 3.05) is 19.8 Å². The van der Waals surface area contributed by atoms with E-state index in [2.05, 4.69) is 10.1 Å². The Morgan fingerprint density at radius 3 is 2.68 bits per heavy atom. The molecule has 174 valence electrons. The molecule has 1 aliphatic rings. The fourth-order valence-corrected chi connectivity index (χ4v) is 5.89. The molecule has 1 atom stereocenters. The third-order valence-corrected chi connectivity index (χ3v) is 7.90. The van der Waals surface area contributed by atoms with Crippen molar-refractivity contribution in [2.45, 2.75) is 19.1 Å². The van der Waals surface area contributed by atoms with Gasteiger partial charge in [-0.2, -0.15) is 5.10 Å². The van der Waals surface area contributed by atoms with E-state index in [1.807, 2.05) is 73.1 Å². The highest BCUT2D eigenvalue weighted by molar-refractivity contribution is 8.15. The molecule has 0 N–H and O–H groups in total. The minimum atomic E-state index is -0.321. The van der Waals surface area contributed by atoms with Crippen LogP contribution in [0.2, 0.25) is 5.02 Å². The average molecular weight is 512 g/mol. The molecule has 5 rings (SSSR count). The van der Waals surface area contributed by atoms with Crippen LogP contribution in [0.1, 0.15) is 27.9 Å². The molecule has 34 heavy (non-hydrogen) atoms. The predicted molar refractivity (Wildman–Crippen MR) is 139 cm³/mol. The number of rotatable bonds is 7. The lowest BCUT2D eigenvalue weighted by atomic mass is 10.2. The van der Waals surface area contributed by atoms with E-state index in [0.717, 1.165) is 38.0 Å². The van der Waals surface area contributed by atoms with Crippen LogP contribution in [0.4, 0.5) is 0 Å². The maximum Gasteiger partial charge on any atom is 0.348 e. The van der Waals surface area contributed by atoms with Crippen LogP contribution in [0.3, 0.4) is 0 Å². The number of aliphatic imine (C=N–C) groups is 1. The molecule has 2 aromatic heterocycles. The summed E-state index contributed by atoms with van der Waals surface area (Å²) >= 11 is 9.04. The molecule has 0 amide bonds. The zero-order valence-electron chi connectivity index (χ0n) is 18.7. The summed E-state index contributed by atoms with van der Waals surface area (Å²) in [5.74, 6) is 0.524. The van der Waals surface area contributed by atoms with Crippen LogP contribution in [0.5, 0.6) is 5.75 Å². The van der Waals surface area contributed by atoms with E-state index in [-0.39, 0.29) is 11.2 Å². The number of ether oxygens (including phenoxy) is 2. The third kappa shape index (κ3) is 4.71. The molecule has 6 nitrogen and oxygen atoms in total. The molecule has 0 fully saturated rings. The molecule has 1 unspecified atom stereocenters. The van der Waals surface area contributed by atoms with Gasteiger partial charge in [0.05, 0.1) is 34.8 Å². The van der Waals surface area contributed by atoms with Gasteiger partial charge in [0.2, 0.25) is 0 Å². The van der Waals surface area contributed by atoms with Crippen molar-refractivity contribution in [3.63, 3.8) is 0 Å². The van der Waals surface area contributed by atoms with Gasteiger partial charge in [-0.1, -0.05) is 23.4 Å². The summed E-state index contributed by atoms with van der Waals surface area (Å²) in [7, 11) is 0. The number of carbonyl (C=O) groups is 1. The SMILES string of the molecule is CCOc1ccc(C2=NCC(COC(=O)c3cc4c(C)nn(-c5ccc(Cl)cc5)c4s3)S2)cc1.